The van der Waals surface area contributed by atoms with Crippen LogP contribution in [0.4, 0.5) is 4.39 Å². The number of likely N-dealkylation sites (tertiary alicyclic amines) is 1. The predicted octanol–water partition coefficient (Wildman–Crippen LogP) is 2.36. The highest BCUT2D eigenvalue weighted by Gasteiger charge is 2.37. The van der Waals surface area contributed by atoms with Crippen molar-refractivity contribution >= 4 is 27.3 Å². The minimum atomic E-state index is -3.65. The molecule has 1 aliphatic heterocycles. The lowest BCUT2D eigenvalue weighted by atomic mass is 9.82. The summed E-state index contributed by atoms with van der Waals surface area (Å²) in [5, 5.41) is 1.67. The Morgan fingerprint density at radius 2 is 2.04 bits per heavy atom. The zero-order valence-electron chi connectivity index (χ0n) is 13.7. The fourth-order valence-corrected chi connectivity index (χ4v) is 5.03. The number of amides is 1. The van der Waals surface area contributed by atoms with E-state index in [1.165, 1.54) is 18.2 Å². The van der Waals surface area contributed by atoms with Crippen molar-refractivity contribution in [3.63, 3.8) is 0 Å². The SMILES string of the molecule is CC1(c2ccc(F)cc2)CCN(C(=O)CNS(=O)(=O)c2cccs2)C1. The molecule has 0 bridgehead atoms. The third kappa shape index (κ3) is 3.91. The van der Waals surface area contributed by atoms with E-state index in [9.17, 15) is 17.6 Å². The molecular formula is C17H19FN2O3S2. The van der Waals surface area contributed by atoms with Crippen LogP contribution in [-0.4, -0.2) is 38.9 Å². The second kappa shape index (κ2) is 6.86. The van der Waals surface area contributed by atoms with Crippen LogP contribution in [0.1, 0.15) is 18.9 Å². The summed E-state index contributed by atoms with van der Waals surface area (Å²) in [7, 11) is -3.65. The highest BCUT2D eigenvalue weighted by atomic mass is 32.2. The van der Waals surface area contributed by atoms with Crippen LogP contribution < -0.4 is 4.72 Å². The minimum Gasteiger partial charge on any atom is -0.341 e. The zero-order valence-corrected chi connectivity index (χ0v) is 15.4. The topological polar surface area (TPSA) is 66.5 Å². The number of halogens is 1. The van der Waals surface area contributed by atoms with Crippen LogP contribution >= 0.6 is 11.3 Å². The molecule has 1 amide bonds. The van der Waals surface area contributed by atoms with Gasteiger partial charge in [-0.05, 0) is 35.6 Å². The van der Waals surface area contributed by atoms with Crippen molar-refractivity contribution in [2.45, 2.75) is 23.0 Å². The minimum absolute atomic E-state index is 0.192. The summed E-state index contributed by atoms with van der Waals surface area (Å²) in [6.45, 7) is 2.80. The molecule has 1 saturated heterocycles. The number of carbonyl (C=O) groups is 1. The van der Waals surface area contributed by atoms with E-state index in [0.717, 1.165) is 23.3 Å². The lowest BCUT2D eigenvalue weighted by Gasteiger charge is -2.25. The van der Waals surface area contributed by atoms with Gasteiger partial charge in [0.1, 0.15) is 10.0 Å². The molecule has 1 aromatic heterocycles. The number of nitrogens with one attached hydrogen (secondary N) is 1. The van der Waals surface area contributed by atoms with Crippen LogP contribution in [0.15, 0.2) is 46.0 Å². The van der Waals surface area contributed by atoms with Gasteiger partial charge in [-0.3, -0.25) is 4.79 Å². The molecule has 2 heterocycles. The van der Waals surface area contributed by atoms with Gasteiger partial charge in [0, 0.05) is 18.5 Å². The van der Waals surface area contributed by atoms with E-state index in [0.29, 0.717) is 13.1 Å². The van der Waals surface area contributed by atoms with Crippen LogP contribution in [0.5, 0.6) is 0 Å². The molecule has 5 nitrogen and oxygen atoms in total. The number of benzene rings is 1. The second-order valence-corrected chi connectivity index (χ2v) is 9.33. The van der Waals surface area contributed by atoms with Crippen molar-refractivity contribution in [1.29, 1.82) is 0 Å². The first-order chi connectivity index (χ1) is 11.8. The number of sulfonamides is 1. The Morgan fingerprint density at radius 1 is 1.32 bits per heavy atom. The third-order valence-corrected chi connectivity index (χ3v) is 7.34. The summed E-state index contributed by atoms with van der Waals surface area (Å²) in [5.74, 6) is -0.549. The lowest BCUT2D eigenvalue weighted by molar-refractivity contribution is -0.129. The Labute approximate surface area is 150 Å². The fraction of sp³-hybridized carbons (Fsp3) is 0.353. The lowest BCUT2D eigenvalue weighted by Crippen LogP contribution is -2.40. The Hall–Kier alpha value is -1.77. The van der Waals surface area contributed by atoms with E-state index < -0.39 is 10.0 Å². The van der Waals surface area contributed by atoms with Crippen molar-refractivity contribution in [1.82, 2.24) is 9.62 Å². The maximum absolute atomic E-state index is 13.1. The van der Waals surface area contributed by atoms with Crippen LogP contribution in [0.25, 0.3) is 0 Å². The van der Waals surface area contributed by atoms with Crippen molar-refractivity contribution in [3.05, 3.63) is 53.2 Å². The highest BCUT2D eigenvalue weighted by molar-refractivity contribution is 7.91. The number of hydrogen-bond donors (Lipinski definition) is 1. The molecular weight excluding hydrogens is 363 g/mol. The Kier molecular flexibility index (Phi) is 4.95. The quantitative estimate of drug-likeness (QED) is 0.863. The summed E-state index contributed by atoms with van der Waals surface area (Å²) < 4.78 is 39.8. The van der Waals surface area contributed by atoms with Crippen molar-refractivity contribution in [2.75, 3.05) is 19.6 Å². The summed E-state index contributed by atoms with van der Waals surface area (Å²) in [6.07, 6.45) is 0.752. The summed E-state index contributed by atoms with van der Waals surface area (Å²) in [5.41, 5.74) is 0.721. The first-order valence-corrected chi connectivity index (χ1v) is 10.2. The number of hydrogen-bond acceptors (Lipinski definition) is 4. The van der Waals surface area contributed by atoms with Crippen molar-refractivity contribution < 1.29 is 17.6 Å². The fourth-order valence-electron chi connectivity index (χ4n) is 3.02. The highest BCUT2D eigenvalue weighted by Crippen LogP contribution is 2.34. The molecule has 134 valence electrons. The van der Waals surface area contributed by atoms with E-state index in [1.54, 1.807) is 28.5 Å². The van der Waals surface area contributed by atoms with Crippen LogP contribution in [-0.2, 0) is 20.2 Å². The van der Waals surface area contributed by atoms with Gasteiger partial charge >= 0.3 is 0 Å². The van der Waals surface area contributed by atoms with E-state index in [2.05, 4.69) is 4.72 Å². The van der Waals surface area contributed by atoms with Gasteiger partial charge in [-0.2, -0.15) is 0 Å². The molecule has 1 unspecified atom stereocenters. The van der Waals surface area contributed by atoms with Crippen molar-refractivity contribution in [2.24, 2.45) is 0 Å². The number of thiophene rings is 1. The van der Waals surface area contributed by atoms with E-state index in [1.807, 2.05) is 6.92 Å². The first-order valence-electron chi connectivity index (χ1n) is 7.87. The van der Waals surface area contributed by atoms with Gasteiger partial charge in [0.15, 0.2) is 0 Å². The molecule has 25 heavy (non-hydrogen) atoms. The Bertz CT molecular complexity index is 851. The van der Waals surface area contributed by atoms with Gasteiger partial charge < -0.3 is 4.90 Å². The van der Waals surface area contributed by atoms with E-state index >= 15 is 0 Å². The number of carbonyl (C=O) groups excluding carboxylic acids is 1. The monoisotopic (exact) mass is 382 g/mol. The van der Waals surface area contributed by atoms with Crippen LogP contribution in [0.3, 0.4) is 0 Å². The van der Waals surface area contributed by atoms with Gasteiger partial charge in [0.05, 0.1) is 6.54 Å². The normalized spacial score (nSPS) is 20.8. The molecule has 1 fully saturated rings. The van der Waals surface area contributed by atoms with Gasteiger partial charge in [-0.15, -0.1) is 11.3 Å². The summed E-state index contributed by atoms with van der Waals surface area (Å²) in [6, 6.07) is 9.46. The largest absolute Gasteiger partial charge is 0.341 e. The summed E-state index contributed by atoms with van der Waals surface area (Å²) >= 11 is 1.11. The van der Waals surface area contributed by atoms with Crippen molar-refractivity contribution in [3.8, 4) is 0 Å². The molecule has 0 saturated carbocycles. The van der Waals surface area contributed by atoms with Gasteiger partial charge in [-0.1, -0.05) is 25.1 Å². The van der Waals surface area contributed by atoms with Gasteiger partial charge in [-0.25, -0.2) is 17.5 Å². The Balaban J connectivity index is 1.62. The maximum Gasteiger partial charge on any atom is 0.250 e. The average Bonchev–Trinajstić information content (AvgIpc) is 3.24. The molecule has 8 heteroatoms. The van der Waals surface area contributed by atoms with E-state index in [4.69, 9.17) is 0 Å². The zero-order chi connectivity index (χ0) is 18.1. The molecule has 1 aromatic carbocycles. The average molecular weight is 382 g/mol. The van der Waals surface area contributed by atoms with Crippen LogP contribution in [0, 0.1) is 5.82 Å². The third-order valence-electron chi connectivity index (χ3n) is 4.54. The molecule has 3 rings (SSSR count). The molecule has 0 radical (unpaired) electrons. The van der Waals surface area contributed by atoms with Gasteiger partial charge in [0.25, 0.3) is 10.0 Å². The standard InChI is InChI=1S/C17H19FN2O3S2/c1-17(13-4-6-14(18)7-5-13)8-9-20(12-17)15(21)11-19-25(22,23)16-3-2-10-24-16/h2-7,10,19H,8-9,11-12H2,1H3. The molecule has 0 aliphatic carbocycles. The summed E-state index contributed by atoms with van der Waals surface area (Å²) in [4.78, 5) is 14.0. The number of rotatable bonds is 5. The molecule has 1 atom stereocenters. The predicted molar refractivity (Wildman–Crippen MR) is 94.5 cm³/mol. The smallest absolute Gasteiger partial charge is 0.250 e. The molecule has 1 aliphatic rings. The number of nitrogens with zero attached hydrogens (tertiary/aromatic N) is 1. The van der Waals surface area contributed by atoms with E-state index in [-0.39, 0.29) is 27.9 Å². The van der Waals surface area contributed by atoms with Gasteiger partial charge in [0.2, 0.25) is 5.91 Å². The molecule has 1 N–H and O–H groups in total. The molecule has 0 spiro atoms. The second-order valence-electron chi connectivity index (χ2n) is 6.39. The Morgan fingerprint density at radius 3 is 2.68 bits per heavy atom. The first kappa shape index (κ1) is 18.0. The maximum atomic E-state index is 13.1. The van der Waals surface area contributed by atoms with Crippen LogP contribution in [0.2, 0.25) is 0 Å². The molecule has 2 aromatic rings.